The van der Waals surface area contributed by atoms with Crippen LogP contribution in [0.25, 0.3) is 0 Å². The Bertz CT molecular complexity index is 421. The van der Waals surface area contributed by atoms with E-state index >= 15 is 0 Å². The van der Waals surface area contributed by atoms with Gasteiger partial charge in [-0.3, -0.25) is 4.79 Å². The van der Waals surface area contributed by atoms with E-state index < -0.39 is 0 Å². The number of hydrogen-bond donors (Lipinski definition) is 0. The van der Waals surface area contributed by atoms with Gasteiger partial charge in [0.15, 0.2) is 0 Å². The number of carbonyl (C=O) groups excluding carboxylic acids is 1. The average Bonchev–Trinajstić information content (AvgIpc) is 2.44. The zero-order valence-corrected chi connectivity index (χ0v) is 14.6. The molecular formula is C16H24BrNO3. The van der Waals surface area contributed by atoms with E-state index in [0.29, 0.717) is 45.1 Å². The van der Waals surface area contributed by atoms with Crippen molar-refractivity contribution in [3.8, 4) is 0 Å². The first-order valence-corrected chi connectivity index (χ1v) is 8.09. The van der Waals surface area contributed by atoms with Crippen LogP contribution in [-0.2, 0) is 9.47 Å². The summed E-state index contributed by atoms with van der Waals surface area (Å²) in [5, 5.41) is 0. The number of halogens is 1. The Morgan fingerprint density at radius 2 is 1.67 bits per heavy atom. The van der Waals surface area contributed by atoms with Gasteiger partial charge in [-0.1, -0.05) is 15.9 Å². The van der Waals surface area contributed by atoms with Crippen molar-refractivity contribution in [2.45, 2.75) is 20.8 Å². The van der Waals surface area contributed by atoms with Crippen molar-refractivity contribution in [1.82, 2.24) is 4.90 Å². The quantitative estimate of drug-likeness (QED) is 0.636. The van der Waals surface area contributed by atoms with E-state index in [0.717, 1.165) is 10.0 Å². The van der Waals surface area contributed by atoms with E-state index in [4.69, 9.17) is 9.47 Å². The number of hydrogen-bond acceptors (Lipinski definition) is 3. The van der Waals surface area contributed by atoms with Crippen molar-refractivity contribution in [3.63, 3.8) is 0 Å². The van der Waals surface area contributed by atoms with Crippen LogP contribution in [-0.4, -0.2) is 50.3 Å². The van der Waals surface area contributed by atoms with Crippen LogP contribution in [0.4, 0.5) is 0 Å². The standard InChI is InChI=1S/C16H24BrNO3/c1-4-20-8-6-18(7-9-21-5-2)16(19)14-10-13(3)11-15(17)12-14/h10-12H,4-9H2,1-3H3. The number of ether oxygens (including phenoxy) is 2. The monoisotopic (exact) mass is 357 g/mol. The predicted octanol–water partition coefficient (Wildman–Crippen LogP) is 3.27. The summed E-state index contributed by atoms with van der Waals surface area (Å²) in [4.78, 5) is 14.4. The van der Waals surface area contributed by atoms with E-state index in [1.165, 1.54) is 0 Å². The molecule has 0 aromatic heterocycles. The fourth-order valence-electron chi connectivity index (χ4n) is 2.00. The van der Waals surface area contributed by atoms with Crippen LogP contribution >= 0.6 is 15.9 Å². The smallest absolute Gasteiger partial charge is 0.254 e. The van der Waals surface area contributed by atoms with Crippen LogP contribution in [0, 0.1) is 6.92 Å². The second-order valence-corrected chi connectivity index (χ2v) is 5.62. The molecule has 0 heterocycles. The zero-order chi connectivity index (χ0) is 15.7. The van der Waals surface area contributed by atoms with Crippen molar-refractivity contribution in [1.29, 1.82) is 0 Å². The fourth-order valence-corrected chi connectivity index (χ4v) is 2.60. The fraction of sp³-hybridized carbons (Fsp3) is 0.562. The first-order valence-electron chi connectivity index (χ1n) is 7.30. The van der Waals surface area contributed by atoms with E-state index in [9.17, 15) is 4.79 Å². The van der Waals surface area contributed by atoms with Gasteiger partial charge in [0.2, 0.25) is 0 Å². The molecule has 4 nitrogen and oxygen atoms in total. The summed E-state index contributed by atoms with van der Waals surface area (Å²) in [6, 6.07) is 5.74. The van der Waals surface area contributed by atoms with Gasteiger partial charge in [0.25, 0.3) is 5.91 Å². The lowest BCUT2D eigenvalue weighted by atomic mass is 10.1. The molecule has 0 aliphatic rings. The van der Waals surface area contributed by atoms with Crippen LogP contribution in [0.5, 0.6) is 0 Å². The minimum absolute atomic E-state index is 0.0128. The van der Waals surface area contributed by atoms with Crippen molar-refractivity contribution in [2.75, 3.05) is 39.5 Å². The summed E-state index contributed by atoms with van der Waals surface area (Å²) in [7, 11) is 0. The van der Waals surface area contributed by atoms with Gasteiger partial charge in [-0.05, 0) is 44.5 Å². The molecule has 0 unspecified atom stereocenters. The molecule has 1 amide bonds. The van der Waals surface area contributed by atoms with Crippen molar-refractivity contribution in [3.05, 3.63) is 33.8 Å². The Hall–Kier alpha value is -0.910. The predicted molar refractivity (Wildman–Crippen MR) is 87.8 cm³/mol. The third kappa shape index (κ3) is 6.59. The van der Waals surface area contributed by atoms with Crippen LogP contribution in [0.2, 0.25) is 0 Å². The molecule has 0 saturated heterocycles. The number of amides is 1. The summed E-state index contributed by atoms with van der Waals surface area (Å²) in [5.74, 6) is 0.0128. The summed E-state index contributed by atoms with van der Waals surface area (Å²) in [6.07, 6.45) is 0. The van der Waals surface area contributed by atoms with Gasteiger partial charge in [0.1, 0.15) is 0 Å². The van der Waals surface area contributed by atoms with Crippen molar-refractivity contribution < 1.29 is 14.3 Å². The van der Waals surface area contributed by atoms with E-state index in [1.54, 1.807) is 4.90 Å². The summed E-state index contributed by atoms with van der Waals surface area (Å²) in [6.45, 7) is 9.42. The van der Waals surface area contributed by atoms with Crippen LogP contribution in [0.3, 0.4) is 0 Å². The van der Waals surface area contributed by atoms with Gasteiger partial charge >= 0.3 is 0 Å². The maximum Gasteiger partial charge on any atom is 0.254 e. The molecule has 0 saturated carbocycles. The maximum absolute atomic E-state index is 12.6. The third-order valence-corrected chi connectivity index (χ3v) is 3.45. The van der Waals surface area contributed by atoms with Crippen molar-refractivity contribution in [2.24, 2.45) is 0 Å². The lowest BCUT2D eigenvalue weighted by Crippen LogP contribution is -2.36. The second-order valence-electron chi connectivity index (χ2n) is 4.70. The molecule has 118 valence electrons. The van der Waals surface area contributed by atoms with Gasteiger partial charge in [-0.15, -0.1) is 0 Å². The average molecular weight is 358 g/mol. The number of nitrogens with zero attached hydrogens (tertiary/aromatic N) is 1. The number of aryl methyl sites for hydroxylation is 1. The van der Waals surface area contributed by atoms with Gasteiger partial charge in [0.05, 0.1) is 13.2 Å². The highest BCUT2D eigenvalue weighted by Crippen LogP contribution is 2.17. The molecular weight excluding hydrogens is 334 g/mol. The van der Waals surface area contributed by atoms with Crippen LogP contribution in [0.1, 0.15) is 29.8 Å². The van der Waals surface area contributed by atoms with E-state index in [-0.39, 0.29) is 5.91 Å². The summed E-state index contributed by atoms with van der Waals surface area (Å²) in [5.41, 5.74) is 1.75. The number of rotatable bonds is 9. The minimum Gasteiger partial charge on any atom is -0.380 e. The van der Waals surface area contributed by atoms with Gasteiger partial charge in [-0.2, -0.15) is 0 Å². The number of benzene rings is 1. The maximum atomic E-state index is 12.6. The minimum atomic E-state index is 0.0128. The van der Waals surface area contributed by atoms with E-state index in [1.807, 2.05) is 39.0 Å². The molecule has 1 rings (SSSR count). The molecule has 1 aromatic carbocycles. The van der Waals surface area contributed by atoms with Gasteiger partial charge < -0.3 is 14.4 Å². The highest BCUT2D eigenvalue weighted by Gasteiger charge is 2.16. The Labute approximate surface area is 135 Å². The number of carbonyl (C=O) groups is 1. The first kappa shape index (κ1) is 18.1. The Balaban J connectivity index is 2.76. The Morgan fingerprint density at radius 1 is 1.10 bits per heavy atom. The van der Waals surface area contributed by atoms with E-state index in [2.05, 4.69) is 15.9 Å². The molecule has 0 aliphatic heterocycles. The topological polar surface area (TPSA) is 38.8 Å². The summed E-state index contributed by atoms with van der Waals surface area (Å²) < 4.78 is 11.6. The van der Waals surface area contributed by atoms with Crippen LogP contribution < -0.4 is 0 Å². The van der Waals surface area contributed by atoms with Crippen LogP contribution in [0.15, 0.2) is 22.7 Å². The molecule has 21 heavy (non-hydrogen) atoms. The molecule has 1 aromatic rings. The molecule has 0 atom stereocenters. The molecule has 0 bridgehead atoms. The Morgan fingerprint density at radius 3 is 2.14 bits per heavy atom. The largest absolute Gasteiger partial charge is 0.380 e. The molecule has 0 spiro atoms. The SMILES string of the molecule is CCOCCN(CCOCC)C(=O)c1cc(C)cc(Br)c1. The van der Waals surface area contributed by atoms with Crippen molar-refractivity contribution >= 4 is 21.8 Å². The molecule has 0 N–H and O–H groups in total. The third-order valence-electron chi connectivity index (χ3n) is 3.00. The molecule has 0 aliphatic carbocycles. The van der Waals surface area contributed by atoms with Gasteiger partial charge in [0, 0.05) is 36.3 Å². The lowest BCUT2D eigenvalue weighted by molar-refractivity contribution is 0.0550. The highest BCUT2D eigenvalue weighted by atomic mass is 79.9. The normalized spacial score (nSPS) is 10.7. The first-order chi connectivity index (χ1) is 10.1. The summed E-state index contributed by atoms with van der Waals surface area (Å²) >= 11 is 3.44. The highest BCUT2D eigenvalue weighted by molar-refractivity contribution is 9.10. The second kappa shape index (κ2) is 9.92. The van der Waals surface area contributed by atoms with Gasteiger partial charge in [-0.25, -0.2) is 0 Å². The molecule has 0 radical (unpaired) electrons. The molecule has 5 heteroatoms. The molecule has 0 fully saturated rings. The zero-order valence-electron chi connectivity index (χ0n) is 13.0. The lowest BCUT2D eigenvalue weighted by Gasteiger charge is -2.23. The Kier molecular flexibility index (Phi) is 8.57.